The Morgan fingerprint density at radius 1 is 1.47 bits per heavy atom. The molecule has 1 aromatic carbocycles. The SMILES string of the molecule is CNC(=O)C(C)CN(C)c1ccc(C(C)O)c(Cl)c1. The predicted octanol–water partition coefficient (Wildman–Crippen LogP) is 2.21. The molecule has 4 nitrogen and oxygen atoms in total. The van der Waals surface area contributed by atoms with Crippen LogP contribution in [0.2, 0.25) is 5.02 Å². The number of halogens is 1. The topological polar surface area (TPSA) is 52.6 Å². The summed E-state index contributed by atoms with van der Waals surface area (Å²) in [5.74, 6) is -0.0937. The summed E-state index contributed by atoms with van der Waals surface area (Å²) in [6.07, 6.45) is -0.586. The van der Waals surface area contributed by atoms with E-state index in [1.54, 1.807) is 20.0 Å². The number of nitrogens with one attached hydrogen (secondary N) is 1. The van der Waals surface area contributed by atoms with Gasteiger partial charge in [-0.2, -0.15) is 0 Å². The Balaban J connectivity index is 2.80. The molecular weight excluding hydrogens is 264 g/mol. The lowest BCUT2D eigenvalue weighted by atomic mass is 10.1. The zero-order valence-electron chi connectivity index (χ0n) is 11.8. The number of carbonyl (C=O) groups is 1. The molecule has 19 heavy (non-hydrogen) atoms. The lowest BCUT2D eigenvalue weighted by Gasteiger charge is -2.23. The molecule has 0 bridgehead atoms. The summed E-state index contributed by atoms with van der Waals surface area (Å²) in [5, 5.41) is 12.7. The van der Waals surface area contributed by atoms with E-state index in [9.17, 15) is 9.90 Å². The second kappa shape index (κ2) is 6.78. The molecule has 1 amide bonds. The van der Waals surface area contributed by atoms with Crippen molar-refractivity contribution in [1.82, 2.24) is 5.32 Å². The summed E-state index contributed by atoms with van der Waals surface area (Å²) in [5.41, 5.74) is 1.63. The number of benzene rings is 1. The number of hydrogen-bond acceptors (Lipinski definition) is 3. The molecular formula is C14H21ClN2O2. The highest BCUT2D eigenvalue weighted by atomic mass is 35.5. The van der Waals surface area contributed by atoms with Gasteiger partial charge in [-0.1, -0.05) is 24.6 Å². The summed E-state index contributed by atoms with van der Waals surface area (Å²) < 4.78 is 0. The van der Waals surface area contributed by atoms with Gasteiger partial charge >= 0.3 is 0 Å². The molecule has 0 aliphatic rings. The molecule has 0 saturated carbocycles. The number of nitrogens with zero attached hydrogens (tertiary/aromatic N) is 1. The maximum absolute atomic E-state index is 11.5. The number of aliphatic hydroxyl groups excluding tert-OH is 1. The van der Waals surface area contributed by atoms with Crippen LogP contribution in [-0.2, 0) is 4.79 Å². The van der Waals surface area contributed by atoms with Crippen LogP contribution < -0.4 is 10.2 Å². The smallest absolute Gasteiger partial charge is 0.224 e. The van der Waals surface area contributed by atoms with Gasteiger partial charge in [0.1, 0.15) is 0 Å². The van der Waals surface area contributed by atoms with Crippen LogP contribution in [0.1, 0.15) is 25.5 Å². The second-order valence-electron chi connectivity index (χ2n) is 4.78. The van der Waals surface area contributed by atoms with E-state index in [4.69, 9.17) is 11.6 Å². The number of amides is 1. The van der Waals surface area contributed by atoms with Crippen molar-refractivity contribution in [3.63, 3.8) is 0 Å². The van der Waals surface area contributed by atoms with Gasteiger partial charge in [0.05, 0.1) is 12.0 Å². The Morgan fingerprint density at radius 2 is 2.11 bits per heavy atom. The molecule has 0 radical (unpaired) electrons. The molecule has 1 rings (SSSR count). The first-order valence-corrected chi connectivity index (χ1v) is 6.64. The van der Waals surface area contributed by atoms with E-state index in [-0.39, 0.29) is 11.8 Å². The van der Waals surface area contributed by atoms with Crippen LogP contribution in [0.5, 0.6) is 0 Å². The van der Waals surface area contributed by atoms with Crippen molar-refractivity contribution in [2.24, 2.45) is 5.92 Å². The molecule has 106 valence electrons. The van der Waals surface area contributed by atoms with Gasteiger partial charge in [0.15, 0.2) is 0 Å². The third kappa shape index (κ3) is 4.11. The zero-order chi connectivity index (χ0) is 14.6. The Hall–Kier alpha value is -1.26. The average Bonchev–Trinajstić information content (AvgIpc) is 2.36. The van der Waals surface area contributed by atoms with Crippen molar-refractivity contribution in [3.8, 4) is 0 Å². The monoisotopic (exact) mass is 284 g/mol. The lowest BCUT2D eigenvalue weighted by Crippen LogP contribution is -2.34. The molecule has 0 saturated heterocycles. The fourth-order valence-corrected chi connectivity index (χ4v) is 2.27. The Morgan fingerprint density at radius 3 is 2.58 bits per heavy atom. The number of rotatable bonds is 5. The van der Waals surface area contributed by atoms with Crippen LogP contribution in [-0.4, -0.2) is 31.7 Å². The van der Waals surface area contributed by atoms with Gasteiger partial charge in [-0.05, 0) is 24.6 Å². The Bertz CT molecular complexity index is 449. The van der Waals surface area contributed by atoms with Crippen molar-refractivity contribution >= 4 is 23.2 Å². The average molecular weight is 285 g/mol. The predicted molar refractivity (Wildman–Crippen MR) is 78.6 cm³/mol. The molecule has 2 unspecified atom stereocenters. The van der Waals surface area contributed by atoms with Crippen LogP contribution >= 0.6 is 11.6 Å². The first-order valence-electron chi connectivity index (χ1n) is 6.27. The fraction of sp³-hybridized carbons (Fsp3) is 0.500. The van der Waals surface area contributed by atoms with Crippen LogP contribution in [0.3, 0.4) is 0 Å². The molecule has 0 heterocycles. The maximum Gasteiger partial charge on any atom is 0.224 e. The van der Waals surface area contributed by atoms with Crippen molar-refractivity contribution in [3.05, 3.63) is 28.8 Å². The van der Waals surface area contributed by atoms with Crippen molar-refractivity contribution in [2.45, 2.75) is 20.0 Å². The van der Waals surface area contributed by atoms with Crippen LogP contribution in [0.15, 0.2) is 18.2 Å². The van der Waals surface area contributed by atoms with E-state index >= 15 is 0 Å². The van der Waals surface area contributed by atoms with Crippen LogP contribution in [0.25, 0.3) is 0 Å². The van der Waals surface area contributed by atoms with Gasteiger partial charge in [0.25, 0.3) is 0 Å². The first-order chi connectivity index (χ1) is 8.86. The largest absolute Gasteiger partial charge is 0.389 e. The maximum atomic E-state index is 11.5. The van der Waals surface area contributed by atoms with E-state index in [0.717, 1.165) is 5.69 Å². The standard InChI is InChI=1S/C14H21ClN2O2/c1-9(14(19)16-3)8-17(4)11-5-6-12(10(2)18)13(15)7-11/h5-7,9-10,18H,8H2,1-4H3,(H,16,19). The van der Waals surface area contributed by atoms with Gasteiger partial charge in [-0.3, -0.25) is 4.79 Å². The van der Waals surface area contributed by atoms with E-state index in [0.29, 0.717) is 17.1 Å². The molecule has 2 atom stereocenters. The van der Waals surface area contributed by atoms with Gasteiger partial charge in [-0.15, -0.1) is 0 Å². The van der Waals surface area contributed by atoms with Crippen LogP contribution in [0, 0.1) is 5.92 Å². The normalized spacial score (nSPS) is 13.8. The molecule has 0 aliphatic heterocycles. The minimum absolute atomic E-state index is 0.0125. The molecule has 0 fully saturated rings. The summed E-state index contributed by atoms with van der Waals surface area (Å²) >= 11 is 6.13. The van der Waals surface area contributed by atoms with E-state index in [2.05, 4.69) is 5.32 Å². The summed E-state index contributed by atoms with van der Waals surface area (Å²) in [4.78, 5) is 13.5. The summed E-state index contributed by atoms with van der Waals surface area (Å²) in [7, 11) is 3.54. The van der Waals surface area contributed by atoms with Crippen molar-refractivity contribution < 1.29 is 9.90 Å². The first kappa shape index (κ1) is 15.8. The molecule has 0 spiro atoms. The zero-order valence-corrected chi connectivity index (χ0v) is 12.5. The van der Waals surface area contributed by atoms with Gasteiger partial charge < -0.3 is 15.3 Å². The highest BCUT2D eigenvalue weighted by molar-refractivity contribution is 6.31. The third-order valence-corrected chi connectivity index (χ3v) is 3.44. The number of anilines is 1. The van der Waals surface area contributed by atoms with Gasteiger partial charge in [0, 0.05) is 31.4 Å². The quantitative estimate of drug-likeness (QED) is 0.872. The highest BCUT2D eigenvalue weighted by Gasteiger charge is 2.15. The number of aliphatic hydroxyl groups is 1. The lowest BCUT2D eigenvalue weighted by molar-refractivity contribution is -0.123. The summed E-state index contributed by atoms with van der Waals surface area (Å²) in [6, 6.07) is 5.51. The molecule has 5 heteroatoms. The minimum atomic E-state index is -0.586. The van der Waals surface area contributed by atoms with E-state index in [1.807, 2.05) is 31.0 Å². The fourth-order valence-electron chi connectivity index (χ4n) is 1.94. The van der Waals surface area contributed by atoms with Crippen molar-refractivity contribution in [2.75, 3.05) is 25.5 Å². The summed E-state index contributed by atoms with van der Waals surface area (Å²) in [6.45, 7) is 4.16. The van der Waals surface area contributed by atoms with Gasteiger partial charge in [0.2, 0.25) is 5.91 Å². The second-order valence-corrected chi connectivity index (χ2v) is 5.18. The molecule has 0 aromatic heterocycles. The highest BCUT2D eigenvalue weighted by Crippen LogP contribution is 2.27. The van der Waals surface area contributed by atoms with Gasteiger partial charge in [-0.25, -0.2) is 0 Å². The van der Waals surface area contributed by atoms with Crippen LogP contribution in [0.4, 0.5) is 5.69 Å². The van der Waals surface area contributed by atoms with E-state index in [1.165, 1.54) is 0 Å². The third-order valence-electron chi connectivity index (χ3n) is 3.12. The molecule has 0 aliphatic carbocycles. The Kier molecular flexibility index (Phi) is 5.63. The molecule has 2 N–H and O–H groups in total. The Labute approximate surface area is 119 Å². The van der Waals surface area contributed by atoms with Crippen molar-refractivity contribution in [1.29, 1.82) is 0 Å². The number of hydrogen-bond donors (Lipinski definition) is 2. The minimum Gasteiger partial charge on any atom is -0.389 e. The molecule has 1 aromatic rings. The van der Waals surface area contributed by atoms with E-state index < -0.39 is 6.10 Å². The number of carbonyl (C=O) groups excluding carboxylic acids is 1.